The lowest BCUT2D eigenvalue weighted by atomic mass is 10.1. The Morgan fingerprint density at radius 2 is 2.00 bits per heavy atom. The average Bonchev–Trinajstić information content (AvgIpc) is 2.69. The fourth-order valence-corrected chi connectivity index (χ4v) is 2.96. The molecular formula is C20H23N5O4. The molecule has 0 spiro atoms. The number of nitrogens with one attached hydrogen (secondary N) is 1. The summed E-state index contributed by atoms with van der Waals surface area (Å²) in [6.45, 7) is 4.28. The molecule has 1 aromatic carbocycles. The lowest BCUT2D eigenvalue weighted by Crippen LogP contribution is -2.34. The van der Waals surface area contributed by atoms with E-state index in [0.717, 1.165) is 23.1 Å². The molecule has 2 heterocycles. The van der Waals surface area contributed by atoms with Gasteiger partial charge in [-0.05, 0) is 31.0 Å². The molecule has 0 bridgehead atoms. The maximum atomic E-state index is 12.9. The summed E-state index contributed by atoms with van der Waals surface area (Å²) in [5, 5.41) is 13.3. The van der Waals surface area contributed by atoms with Gasteiger partial charge in [0.05, 0.1) is 16.8 Å². The molecule has 9 nitrogen and oxygen atoms in total. The zero-order valence-corrected chi connectivity index (χ0v) is 16.3. The van der Waals surface area contributed by atoms with Crippen LogP contribution in [0, 0.1) is 6.92 Å². The van der Waals surface area contributed by atoms with E-state index in [1.54, 1.807) is 19.1 Å². The van der Waals surface area contributed by atoms with Gasteiger partial charge >= 0.3 is 11.5 Å². The van der Waals surface area contributed by atoms with Crippen LogP contribution < -0.4 is 21.4 Å². The van der Waals surface area contributed by atoms with E-state index < -0.39 is 17.1 Å². The van der Waals surface area contributed by atoms with Crippen molar-refractivity contribution in [2.24, 2.45) is 0 Å². The first kappa shape index (κ1) is 20.1. The first-order valence-corrected chi connectivity index (χ1v) is 9.29. The van der Waals surface area contributed by atoms with Crippen LogP contribution in [0.1, 0.15) is 41.4 Å². The van der Waals surface area contributed by atoms with E-state index in [1.807, 2.05) is 19.1 Å². The van der Waals surface area contributed by atoms with Gasteiger partial charge in [-0.25, -0.2) is 14.8 Å². The van der Waals surface area contributed by atoms with Crippen molar-refractivity contribution < 1.29 is 14.7 Å². The molecule has 0 aliphatic carbocycles. The minimum atomic E-state index is -1.35. The van der Waals surface area contributed by atoms with Crippen molar-refractivity contribution in [3.05, 3.63) is 57.8 Å². The Kier molecular flexibility index (Phi) is 5.96. The third kappa shape index (κ3) is 4.13. The lowest BCUT2D eigenvalue weighted by Gasteiger charge is -2.17. The Morgan fingerprint density at radius 3 is 2.66 bits per heavy atom. The second-order valence-electron chi connectivity index (χ2n) is 6.59. The molecule has 4 N–H and O–H groups in total. The minimum absolute atomic E-state index is 0.169. The number of anilines is 2. The van der Waals surface area contributed by atoms with Gasteiger partial charge in [-0.1, -0.05) is 25.5 Å². The van der Waals surface area contributed by atoms with Crippen molar-refractivity contribution in [3.63, 3.8) is 0 Å². The molecule has 0 aliphatic rings. The van der Waals surface area contributed by atoms with E-state index in [-0.39, 0.29) is 17.9 Å². The van der Waals surface area contributed by atoms with Crippen molar-refractivity contribution in [2.75, 3.05) is 17.7 Å². The van der Waals surface area contributed by atoms with Gasteiger partial charge in [-0.2, -0.15) is 0 Å². The maximum Gasteiger partial charge on any atom is 0.343 e. The summed E-state index contributed by atoms with van der Waals surface area (Å²) in [6.07, 6.45) is 2.91. The van der Waals surface area contributed by atoms with E-state index >= 15 is 0 Å². The summed E-state index contributed by atoms with van der Waals surface area (Å²) >= 11 is 0. The highest BCUT2D eigenvalue weighted by Gasteiger charge is 2.25. The highest BCUT2D eigenvalue weighted by Crippen LogP contribution is 2.26. The number of benzene rings is 1. The van der Waals surface area contributed by atoms with Gasteiger partial charge < -0.3 is 21.0 Å². The molecular weight excluding hydrogens is 374 g/mol. The third-order valence-corrected chi connectivity index (χ3v) is 4.49. The number of fused-ring (bicyclic) bond motifs is 1. The molecule has 0 saturated heterocycles. The predicted octanol–water partition coefficient (Wildman–Crippen LogP) is 2.22. The Hall–Kier alpha value is -3.62. The second kappa shape index (κ2) is 8.59. The SMILES string of the molecule is CCCCOn1c(=O)c(C(=O)O)c(NCc2ccc(N)cc2)c2c(C)ncnc21. The first-order chi connectivity index (χ1) is 13.9. The molecule has 0 fully saturated rings. The number of aromatic nitrogens is 3. The van der Waals surface area contributed by atoms with E-state index in [2.05, 4.69) is 15.3 Å². The molecule has 9 heteroatoms. The molecule has 0 amide bonds. The number of hydrogen-bond acceptors (Lipinski definition) is 7. The molecule has 0 saturated carbocycles. The molecule has 0 radical (unpaired) electrons. The lowest BCUT2D eigenvalue weighted by molar-refractivity contribution is 0.0682. The quantitative estimate of drug-likeness (QED) is 0.389. The van der Waals surface area contributed by atoms with Gasteiger partial charge in [0.2, 0.25) is 0 Å². The summed E-state index contributed by atoms with van der Waals surface area (Å²) in [5.41, 5.74) is 6.94. The van der Waals surface area contributed by atoms with Crippen molar-refractivity contribution in [2.45, 2.75) is 33.2 Å². The van der Waals surface area contributed by atoms with Crippen molar-refractivity contribution in [1.29, 1.82) is 0 Å². The molecule has 0 aliphatic heterocycles. The van der Waals surface area contributed by atoms with Crippen LogP contribution >= 0.6 is 0 Å². The zero-order chi connectivity index (χ0) is 21.0. The molecule has 2 aromatic heterocycles. The van der Waals surface area contributed by atoms with Crippen LogP contribution in [-0.4, -0.2) is 32.4 Å². The van der Waals surface area contributed by atoms with Crippen LogP contribution in [-0.2, 0) is 6.54 Å². The molecule has 3 aromatic rings. The van der Waals surface area contributed by atoms with Gasteiger partial charge in [0.15, 0.2) is 11.2 Å². The fourth-order valence-electron chi connectivity index (χ4n) is 2.96. The van der Waals surface area contributed by atoms with Crippen LogP contribution in [0.15, 0.2) is 35.4 Å². The Labute approximate surface area is 167 Å². The normalized spacial score (nSPS) is 10.8. The summed E-state index contributed by atoms with van der Waals surface area (Å²) in [4.78, 5) is 38.8. The van der Waals surface area contributed by atoms with Crippen molar-refractivity contribution >= 4 is 28.4 Å². The Bertz CT molecular complexity index is 1090. The molecule has 3 rings (SSSR count). The zero-order valence-electron chi connectivity index (χ0n) is 16.3. The largest absolute Gasteiger partial charge is 0.477 e. The van der Waals surface area contributed by atoms with Crippen LogP contribution in [0.3, 0.4) is 0 Å². The number of aryl methyl sites for hydroxylation is 1. The number of carboxylic acids is 1. The average molecular weight is 397 g/mol. The number of carboxylic acid groups (broad SMARTS) is 1. The summed E-state index contributed by atoms with van der Waals surface area (Å²) < 4.78 is 0.956. The van der Waals surface area contributed by atoms with Crippen LogP contribution in [0.2, 0.25) is 0 Å². The molecule has 29 heavy (non-hydrogen) atoms. The number of carbonyl (C=O) groups is 1. The summed E-state index contributed by atoms with van der Waals surface area (Å²) in [5.74, 6) is -1.35. The smallest absolute Gasteiger partial charge is 0.343 e. The molecule has 0 atom stereocenters. The Balaban J connectivity index is 2.15. The highest BCUT2D eigenvalue weighted by atomic mass is 16.7. The topological polar surface area (TPSA) is 132 Å². The van der Waals surface area contributed by atoms with E-state index in [4.69, 9.17) is 10.6 Å². The van der Waals surface area contributed by atoms with Gasteiger partial charge in [0.25, 0.3) is 0 Å². The van der Waals surface area contributed by atoms with Crippen LogP contribution in [0.5, 0.6) is 0 Å². The third-order valence-electron chi connectivity index (χ3n) is 4.49. The van der Waals surface area contributed by atoms with Crippen LogP contribution in [0.4, 0.5) is 11.4 Å². The molecule has 0 unspecified atom stereocenters. The number of pyridine rings is 1. The highest BCUT2D eigenvalue weighted by molar-refractivity contribution is 6.04. The van der Waals surface area contributed by atoms with E-state index in [1.165, 1.54) is 6.33 Å². The van der Waals surface area contributed by atoms with Gasteiger partial charge in [0.1, 0.15) is 12.9 Å². The van der Waals surface area contributed by atoms with Gasteiger partial charge in [0, 0.05) is 12.2 Å². The number of nitrogens with two attached hydrogens (primary N) is 1. The van der Waals surface area contributed by atoms with Crippen LogP contribution in [0.25, 0.3) is 11.0 Å². The van der Waals surface area contributed by atoms with E-state index in [0.29, 0.717) is 23.3 Å². The molecule has 152 valence electrons. The summed E-state index contributed by atoms with van der Waals surface area (Å²) in [6, 6.07) is 7.15. The number of hydrogen-bond donors (Lipinski definition) is 3. The van der Waals surface area contributed by atoms with Gasteiger partial charge in [-0.15, -0.1) is 4.73 Å². The number of rotatable bonds is 8. The van der Waals surface area contributed by atoms with Gasteiger partial charge in [-0.3, -0.25) is 4.79 Å². The predicted molar refractivity (Wildman–Crippen MR) is 110 cm³/mol. The number of unbranched alkanes of at least 4 members (excludes halogenated alkanes) is 1. The van der Waals surface area contributed by atoms with E-state index in [9.17, 15) is 14.7 Å². The number of aromatic carboxylic acids is 1. The standard InChI is InChI=1S/C20H23N5O4/c1-3-4-9-29-25-18-15(12(2)23-11-24-18)17(16(19(25)26)20(27)28)22-10-13-5-7-14(21)8-6-13/h5-8,11,22H,3-4,9-10,21H2,1-2H3,(H,27,28). The number of nitrogens with zero attached hydrogens (tertiary/aromatic N) is 3. The fraction of sp³-hybridized carbons (Fsp3) is 0.300. The first-order valence-electron chi connectivity index (χ1n) is 9.29. The second-order valence-corrected chi connectivity index (χ2v) is 6.59. The maximum absolute atomic E-state index is 12.9. The van der Waals surface area contributed by atoms with Crippen molar-refractivity contribution in [1.82, 2.24) is 14.7 Å². The Morgan fingerprint density at radius 1 is 1.28 bits per heavy atom. The minimum Gasteiger partial charge on any atom is -0.477 e. The summed E-state index contributed by atoms with van der Waals surface area (Å²) in [7, 11) is 0. The number of nitrogen functional groups attached to an aromatic ring is 1. The monoisotopic (exact) mass is 397 g/mol. The van der Waals surface area contributed by atoms with Crippen molar-refractivity contribution in [3.8, 4) is 0 Å².